The van der Waals surface area contributed by atoms with Crippen molar-refractivity contribution >= 4 is 22.8 Å². The molecule has 0 radical (unpaired) electrons. The SMILES string of the molecule is Cc1ccnc(C(C)C)c1-n1c(=O)nc(N2CCN(C(=O)OC(C)(C)C)C[C@@H]2C)c2cc(C(F)(F)F)c3c(c21)OCc1cccc(F)c1-3. The van der Waals surface area contributed by atoms with E-state index in [0.717, 1.165) is 12.1 Å². The van der Waals surface area contributed by atoms with Gasteiger partial charge in [-0.25, -0.2) is 14.0 Å². The van der Waals surface area contributed by atoms with E-state index in [-0.39, 0.29) is 65.8 Å². The molecule has 0 bridgehead atoms. The summed E-state index contributed by atoms with van der Waals surface area (Å²) >= 11 is 0. The summed E-state index contributed by atoms with van der Waals surface area (Å²) in [6.07, 6.45) is -3.84. The Morgan fingerprint density at radius 2 is 1.83 bits per heavy atom. The zero-order valence-electron chi connectivity index (χ0n) is 27.8. The van der Waals surface area contributed by atoms with Gasteiger partial charge >= 0.3 is 18.0 Å². The van der Waals surface area contributed by atoms with Crippen molar-refractivity contribution in [1.82, 2.24) is 19.4 Å². The monoisotopic (exact) mass is 667 g/mol. The minimum absolute atomic E-state index is 0.00371. The van der Waals surface area contributed by atoms with Crippen molar-refractivity contribution in [2.45, 2.75) is 78.8 Å². The van der Waals surface area contributed by atoms with Gasteiger partial charge in [-0.2, -0.15) is 18.2 Å². The molecule has 9 nitrogen and oxygen atoms in total. The maximum atomic E-state index is 15.5. The Hall–Kier alpha value is -4.68. The van der Waals surface area contributed by atoms with E-state index >= 15 is 17.6 Å². The van der Waals surface area contributed by atoms with E-state index in [4.69, 9.17) is 9.47 Å². The first-order chi connectivity index (χ1) is 22.5. The van der Waals surface area contributed by atoms with Gasteiger partial charge in [0.2, 0.25) is 0 Å². The zero-order valence-corrected chi connectivity index (χ0v) is 27.8. The van der Waals surface area contributed by atoms with Crippen LogP contribution < -0.4 is 15.3 Å². The Morgan fingerprint density at radius 3 is 2.48 bits per heavy atom. The van der Waals surface area contributed by atoms with E-state index in [0.29, 0.717) is 16.9 Å². The Labute approximate surface area is 275 Å². The highest BCUT2D eigenvalue weighted by atomic mass is 19.4. The van der Waals surface area contributed by atoms with Crippen LogP contribution in [-0.4, -0.2) is 56.8 Å². The predicted molar refractivity (Wildman–Crippen MR) is 173 cm³/mol. The van der Waals surface area contributed by atoms with Crippen molar-refractivity contribution < 1.29 is 31.8 Å². The fourth-order valence-electron chi connectivity index (χ4n) is 6.54. The Morgan fingerprint density at radius 1 is 1.10 bits per heavy atom. The summed E-state index contributed by atoms with van der Waals surface area (Å²) in [7, 11) is 0. The second kappa shape index (κ2) is 11.8. The molecule has 0 unspecified atom stereocenters. The number of rotatable bonds is 3. The van der Waals surface area contributed by atoms with Crippen LogP contribution in [0.1, 0.15) is 69.8 Å². The van der Waals surface area contributed by atoms with Crippen molar-refractivity contribution in [3.05, 3.63) is 75.2 Å². The molecule has 1 amide bonds. The molecule has 1 atom stereocenters. The van der Waals surface area contributed by atoms with Crippen LogP contribution >= 0.6 is 0 Å². The Kier molecular flexibility index (Phi) is 8.15. The van der Waals surface area contributed by atoms with Crippen molar-refractivity contribution in [3.8, 4) is 22.6 Å². The minimum atomic E-state index is -4.93. The summed E-state index contributed by atoms with van der Waals surface area (Å²) in [6, 6.07) is 6.22. The molecule has 0 aliphatic carbocycles. The number of benzene rings is 2. The van der Waals surface area contributed by atoms with E-state index < -0.39 is 46.5 Å². The smallest absolute Gasteiger partial charge is 0.417 e. The molecular weight excluding hydrogens is 630 g/mol. The zero-order chi connectivity index (χ0) is 34.9. The van der Waals surface area contributed by atoms with Crippen molar-refractivity contribution in [3.63, 3.8) is 0 Å². The third-order valence-corrected chi connectivity index (χ3v) is 8.62. The average molecular weight is 668 g/mol. The van der Waals surface area contributed by atoms with Crippen LogP contribution in [0.25, 0.3) is 27.7 Å². The fourth-order valence-corrected chi connectivity index (χ4v) is 6.54. The normalized spacial score (nSPS) is 16.5. The molecule has 6 rings (SSSR count). The summed E-state index contributed by atoms with van der Waals surface area (Å²) in [6.45, 7) is 12.9. The number of amides is 1. The number of hydrogen-bond donors (Lipinski definition) is 0. The molecule has 4 heterocycles. The molecule has 13 heteroatoms. The minimum Gasteiger partial charge on any atom is -0.486 e. The molecule has 4 aromatic rings. The van der Waals surface area contributed by atoms with E-state index in [1.807, 2.05) is 13.8 Å². The first-order valence-corrected chi connectivity index (χ1v) is 15.8. The van der Waals surface area contributed by atoms with Crippen molar-refractivity contribution in [2.75, 3.05) is 24.5 Å². The maximum absolute atomic E-state index is 15.5. The number of pyridine rings is 1. The molecular formula is C35H37F4N5O4. The van der Waals surface area contributed by atoms with Crippen LogP contribution in [0, 0.1) is 12.7 Å². The number of hydrogen-bond acceptors (Lipinski definition) is 7. The van der Waals surface area contributed by atoms with Crippen LogP contribution in [0.5, 0.6) is 5.75 Å². The number of aryl methyl sites for hydroxylation is 1. The second-order valence-corrected chi connectivity index (χ2v) is 13.6. The fraction of sp³-hybridized carbons (Fsp3) is 0.429. The third-order valence-electron chi connectivity index (χ3n) is 8.62. The first kappa shape index (κ1) is 33.2. The molecule has 0 N–H and O–H groups in total. The predicted octanol–water partition coefficient (Wildman–Crippen LogP) is 7.38. The summed E-state index contributed by atoms with van der Waals surface area (Å²) in [4.78, 5) is 39.4. The van der Waals surface area contributed by atoms with Crippen LogP contribution in [0.2, 0.25) is 0 Å². The van der Waals surface area contributed by atoms with E-state index in [1.165, 1.54) is 21.6 Å². The number of piperazine rings is 1. The second-order valence-electron chi connectivity index (χ2n) is 13.6. The van der Waals surface area contributed by atoms with Gasteiger partial charge in [-0.05, 0) is 64.3 Å². The highest BCUT2D eigenvalue weighted by Crippen LogP contribution is 2.51. The standard InChI is InChI=1S/C35H37F4N5O4/c1-18(2)27-28(19(3)11-12-40-27)44-29-22(15-23(35(37,38)39)26-25-21(17-47-30(26)29)9-8-10-24(25)36)31(41-32(44)45)43-14-13-42(16-20(43)4)33(46)48-34(5,6)7/h8-12,15,18,20H,13-14,16-17H2,1-7H3/t20-/m0/s1. The van der Waals surface area contributed by atoms with Gasteiger partial charge in [-0.3, -0.25) is 9.55 Å². The third kappa shape index (κ3) is 5.73. The highest BCUT2D eigenvalue weighted by molar-refractivity contribution is 6.02. The lowest BCUT2D eigenvalue weighted by atomic mass is 9.90. The number of alkyl halides is 3. The van der Waals surface area contributed by atoms with Crippen LogP contribution in [0.4, 0.5) is 28.2 Å². The molecule has 0 spiro atoms. The summed E-state index contributed by atoms with van der Waals surface area (Å²) < 4.78 is 73.6. The van der Waals surface area contributed by atoms with Gasteiger partial charge in [0.25, 0.3) is 0 Å². The molecule has 2 aromatic carbocycles. The Bertz CT molecular complexity index is 2000. The first-order valence-electron chi connectivity index (χ1n) is 15.8. The lowest BCUT2D eigenvalue weighted by Gasteiger charge is -2.41. The van der Waals surface area contributed by atoms with Crippen LogP contribution in [0.3, 0.4) is 0 Å². The molecule has 2 aliphatic rings. The number of aromatic nitrogens is 3. The van der Waals surface area contributed by atoms with Gasteiger partial charge in [-0.15, -0.1) is 0 Å². The summed E-state index contributed by atoms with van der Waals surface area (Å²) in [5, 5.41) is -0.00371. The Balaban J connectivity index is 1.68. The quantitative estimate of drug-likeness (QED) is 0.211. The molecule has 254 valence electrons. The van der Waals surface area contributed by atoms with Gasteiger partial charge in [-0.1, -0.05) is 26.0 Å². The van der Waals surface area contributed by atoms with E-state index in [1.54, 1.807) is 51.8 Å². The molecule has 1 fully saturated rings. The number of carbonyl (C=O) groups excluding carboxylic acids is 1. The number of anilines is 1. The highest BCUT2D eigenvalue weighted by Gasteiger charge is 2.41. The summed E-state index contributed by atoms with van der Waals surface area (Å²) in [5.41, 5.74) is -1.47. The van der Waals surface area contributed by atoms with Crippen molar-refractivity contribution in [2.24, 2.45) is 0 Å². The summed E-state index contributed by atoms with van der Waals surface area (Å²) in [5.74, 6) is -1.27. The number of carbonyl (C=O) groups is 1. The van der Waals surface area contributed by atoms with E-state index in [2.05, 4.69) is 9.97 Å². The number of fused-ring (bicyclic) bond motifs is 5. The number of nitrogens with zero attached hydrogens (tertiary/aromatic N) is 5. The van der Waals surface area contributed by atoms with Gasteiger partial charge in [0, 0.05) is 53.9 Å². The molecule has 2 aromatic heterocycles. The molecule has 0 saturated carbocycles. The number of halogens is 4. The van der Waals surface area contributed by atoms with Gasteiger partial charge in [0.1, 0.15) is 29.4 Å². The lowest BCUT2D eigenvalue weighted by Crippen LogP contribution is -2.55. The maximum Gasteiger partial charge on any atom is 0.417 e. The largest absolute Gasteiger partial charge is 0.486 e. The molecule has 1 saturated heterocycles. The van der Waals surface area contributed by atoms with Crippen LogP contribution in [-0.2, 0) is 17.5 Å². The molecule has 2 aliphatic heterocycles. The van der Waals surface area contributed by atoms with Gasteiger partial charge in [0.05, 0.1) is 16.9 Å². The van der Waals surface area contributed by atoms with Gasteiger partial charge in [0.15, 0.2) is 5.75 Å². The van der Waals surface area contributed by atoms with Crippen molar-refractivity contribution in [1.29, 1.82) is 0 Å². The lowest BCUT2D eigenvalue weighted by molar-refractivity contribution is -0.137. The van der Waals surface area contributed by atoms with Crippen LogP contribution in [0.15, 0.2) is 41.3 Å². The average Bonchev–Trinajstić information content (AvgIpc) is 2.99. The number of ether oxygens (including phenoxy) is 2. The van der Waals surface area contributed by atoms with Gasteiger partial charge < -0.3 is 19.3 Å². The topological polar surface area (TPSA) is 89.8 Å². The molecule has 48 heavy (non-hydrogen) atoms. The van der Waals surface area contributed by atoms with E-state index in [9.17, 15) is 9.59 Å².